The van der Waals surface area contributed by atoms with Gasteiger partial charge in [0, 0.05) is 38.4 Å². The van der Waals surface area contributed by atoms with E-state index >= 15 is 0 Å². The molecule has 0 bridgehead atoms. The first-order valence-corrected chi connectivity index (χ1v) is 6.21. The zero-order valence-corrected chi connectivity index (χ0v) is 13.0. The molecule has 7 heteroatoms. The molecule has 1 saturated heterocycles. The van der Waals surface area contributed by atoms with E-state index in [1.165, 1.54) is 0 Å². The second kappa shape index (κ2) is 8.72. The first-order chi connectivity index (χ1) is 8.20. The number of halogens is 3. The summed E-state index contributed by atoms with van der Waals surface area (Å²) in [5.74, 6) is 0. The summed E-state index contributed by atoms with van der Waals surface area (Å²) in [6.45, 7) is 4.77. The van der Waals surface area contributed by atoms with Crippen LogP contribution < -0.4 is 10.6 Å². The Labute approximate surface area is 131 Å². The van der Waals surface area contributed by atoms with Crippen LogP contribution in [0.15, 0.2) is 18.2 Å². The quantitative estimate of drug-likeness (QED) is 0.832. The normalized spacial score (nSPS) is 15.6. The van der Waals surface area contributed by atoms with E-state index in [1.54, 1.807) is 6.07 Å². The fourth-order valence-electron chi connectivity index (χ4n) is 2.13. The number of rotatable bonds is 3. The number of hydrogen-bond acceptors (Lipinski definition) is 4. The van der Waals surface area contributed by atoms with Gasteiger partial charge in [-0.2, -0.15) is 0 Å². The molecule has 0 amide bonds. The molecule has 110 valence electrons. The van der Waals surface area contributed by atoms with Crippen molar-refractivity contribution < 1.29 is 5.11 Å². The van der Waals surface area contributed by atoms with E-state index in [2.05, 4.69) is 9.80 Å². The van der Waals surface area contributed by atoms with Crippen LogP contribution in [0.3, 0.4) is 0 Å². The number of piperazine rings is 1. The lowest BCUT2D eigenvalue weighted by molar-refractivity contribution is 0.189. The van der Waals surface area contributed by atoms with Gasteiger partial charge in [0.2, 0.25) is 0 Å². The van der Waals surface area contributed by atoms with Crippen molar-refractivity contribution in [2.45, 2.75) is 0 Å². The maximum Gasteiger partial charge on any atom is 0.0660 e. The van der Waals surface area contributed by atoms with Crippen LogP contribution in [0.4, 0.5) is 11.4 Å². The summed E-state index contributed by atoms with van der Waals surface area (Å²) in [7, 11) is 0. The Bertz CT molecular complexity index is 384. The van der Waals surface area contributed by atoms with E-state index < -0.39 is 0 Å². The standard InChI is InChI=1S/C12H18ClN3O.2ClH/c13-11-9-10(14)1-2-12(11)16-5-3-15(4-6-16)7-8-17;;/h1-2,9,17H,3-8,14H2;2*1H. The van der Waals surface area contributed by atoms with Crippen LogP contribution in [0.5, 0.6) is 0 Å². The Balaban J connectivity index is 0.00000162. The molecule has 1 heterocycles. The van der Waals surface area contributed by atoms with Gasteiger partial charge in [0.05, 0.1) is 17.3 Å². The summed E-state index contributed by atoms with van der Waals surface area (Å²) in [6.07, 6.45) is 0. The number of nitrogens with zero attached hydrogens (tertiary/aromatic N) is 2. The highest BCUT2D eigenvalue weighted by Gasteiger charge is 2.18. The van der Waals surface area contributed by atoms with E-state index in [9.17, 15) is 0 Å². The number of anilines is 2. The molecular formula is C12H20Cl3N3O. The maximum absolute atomic E-state index is 8.89. The lowest BCUT2D eigenvalue weighted by Gasteiger charge is -2.36. The summed E-state index contributed by atoms with van der Waals surface area (Å²) >= 11 is 6.19. The number of aliphatic hydroxyl groups excluding tert-OH is 1. The van der Waals surface area contributed by atoms with Gasteiger partial charge in [-0.05, 0) is 18.2 Å². The molecule has 1 aromatic carbocycles. The average molecular weight is 329 g/mol. The summed E-state index contributed by atoms with van der Waals surface area (Å²) < 4.78 is 0. The Hall–Kier alpha value is -0.390. The van der Waals surface area contributed by atoms with Gasteiger partial charge in [0.25, 0.3) is 0 Å². The highest BCUT2D eigenvalue weighted by Crippen LogP contribution is 2.28. The monoisotopic (exact) mass is 327 g/mol. The van der Waals surface area contributed by atoms with Gasteiger partial charge in [0.15, 0.2) is 0 Å². The van der Waals surface area contributed by atoms with Crippen molar-refractivity contribution >= 4 is 47.8 Å². The smallest absolute Gasteiger partial charge is 0.0660 e. The molecule has 4 nitrogen and oxygen atoms in total. The predicted molar refractivity (Wildman–Crippen MR) is 86.1 cm³/mol. The Morgan fingerprint density at radius 1 is 1.16 bits per heavy atom. The van der Waals surface area contributed by atoms with Crippen LogP contribution in [0, 0.1) is 0 Å². The molecule has 1 aromatic rings. The van der Waals surface area contributed by atoms with Gasteiger partial charge in [-0.15, -0.1) is 24.8 Å². The van der Waals surface area contributed by atoms with Gasteiger partial charge in [0.1, 0.15) is 0 Å². The van der Waals surface area contributed by atoms with Crippen molar-refractivity contribution in [3.05, 3.63) is 23.2 Å². The predicted octanol–water partition coefficient (Wildman–Crippen LogP) is 1.88. The third kappa shape index (κ3) is 4.89. The van der Waals surface area contributed by atoms with Crippen LogP contribution >= 0.6 is 36.4 Å². The van der Waals surface area contributed by atoms with Crippen molar-refractivity contribution in [3.63, 3.8) is 0 Å². The molecule has 3 N–H and O–H groups in total. The minimum atomic E-state index is 0. The Morgan fingerprint density at radius 2 is 1.79 bits per heavy atom. The number of aliphatic hydroxyl groups is 1. The second-order valence-electron chi connectivity index (χ2n) is 4.26. The molecule has 0 saturated carbocycles. The molecule has 2 rings (SSSR count). The number of nitrogens with two attached hydrogens (primary N) is 1. The number of β-amino-alcohol motifs (C(OH)–C–C–N with tert-alkyl or cyclic N) is 1. The van der Waals surface area contributed by atoms with Crippen LogP contribution in [0.25, 0.3) is 0 Å². The second-order valence-corrected chi connectivity index (χ2v) is 4.67. The molecule has 19 heavy (non-hydrogen) atoms. The number of nitrogen functional groups attached to an aromatic ring is 1. The van der Waals surface area contributed by atoms with Gasteiger partial charge in [-0.1, -0.05) is 11.6 Å². The lowest BCUT2D eigenvalue weighted by Crippen LogP contribution is -2.47. The van der Waals surface area contributed by atoms with Crippen molar-refractivity contribution in [3.8, 4) is 0 Å². The van der Waals surface area contributed by atoms with E-state index in [-0.39, 0.29) is 31.4 Å². The summed E-state index contributed by atoms with van der Waals surface area (Å²) in [4.78, 5) is 4.51. The third-order valence-electron chi connectivity index (χ3n) is 3.10. The SMILES string of the molecule is Cl.Cl.Nc1ccc(N2CCN(CCO)CC2)c(Cl)c1. The van der Waals surface area contributed by atoms with Gasteiger partial charge in [-0.3, -0.25) is 4.90 Å². The molecule has 1 aliphatic heterocycles. The maximum atomic E-state index is 8.89. The highest BCUT2D eigenvalue weighted by molar-refractivity contribution is 6.33. The van der Waals surface area contributed by atoms with Crippen molar-refractivity contribution in [2.75, 3.05) is 50.0 Å². The lowest BCUT2D eigenvalue weighted by atomic mass is 10.2. The zero-order chi connectivity index (χ0) is 12.3. The van der Waals surface area contributed by atoms with Crippen molar-refractivity contribution in [2.24, 2.45) is 0 Å². The van der Waals surface area contributed by atoms with Crippen LogP contribution in [-0.4, -0.2) is 49.3 Å². The molecule has 0 radical (unpaired) electrons. The van der Waals surface area contributed by atoms with Gasteiger partial charge in [-0.25, -0.2) is 0 Å². The van der Waals surface area contributed by atoms with Crippen LogP contribution in [0.1, 0.15) is 0 Å². The van der Waals surface area contributed by atoms with Crippen molar-refractivity contribution in [1.82, 2.24) is 4.90 Å². The molecule has 1 aliphatic rings. The zero-order valence-electron chi connectivity index (χ0n) is 10.6. The molecule has 0 aliphatic carbocycles. The molecule has 1 fully saturated rings. The molecular weight excluding hydrogens is 309 g/mol. The van der Waals surface area contributed by atoms with E-state index in [0.717, 1.165) is 38.4 Å². The topological polar surface area (TPSA) is 52.7 Å². The van der Waals surface area contributed by atoms with E-state index in [4.69, 9.17) is 22.4 Å². The van der Waals surface area contributed by atoms with Crippen molar-refractivity contribution in [1.29, 1.82) is 0 Å². The Morgan fingerprint density at radius 3 is 2.32 bits per heavy atom. The van der Waals surface area contributed by atoms with Gasteiger partial charge >= 0.3 is 0 Å². The van der Waals surface area contributed by atoms with Gasteiger partial charge < -0.3 is 15.7 Å². The first kappa shape index (κ1) is 18.6. The van der Waals surface area contributed by atoms with E-state index in [0.29, 0.717) is 10.7 Å². The first-order valence-electron chi connectivity index (χ1n) is 5.84. The minimum absolute atomic E-state index is 0. The molecule has 0 unspecified atom stereocenters. The summed E-state index contributed by atoms with van der Waals surface area (Å²) in [5, 5.41) is 9.59. The highest BCUT2D eigenvalue weighted by atomic mass is 35.5. The minimum Gasteiger partial charge on any atom is -0.399 e. The fourth-order valence-corrected chi connectivity index (χ4v) is 2.44. The number of benzene rings is 1. The van der Waals surface area contributed by atoms with Crippen LogP contribution in [-0.2, 0) is 0 Å². The number of hydrogen-bond donors (Lipinski definition) is 2. The molecule has 0 atom stereocenters. The largest absolute Gasteiger partial charge is 0.399 e. The third-order valence-corrected chi connectivity index (χ3v) is 3.40. The fraction of sp³-hybridized carbons (Fsp3) is 0.500. The van der Waals surface area contributed by atoms with E-state index in [1.807, 2.05) is 12.1 Å². The Kier molecular flexibility index (Phi) is 8.54. The average Bonchev–Trinajstić information content (AvgIpc) is 2.31. The molecule has 0 spiro atoms. The van der Waals surface area contributed by atoms with Crippen LogP contribution in [0.2, 0.25) is 5.02 Å². The molecule has 0 aromatic heterocycles. The summed E-state index contributed by atoms with van der Waals surface area (Å²) in [5.41, 5.74) is 7.42. The summed E-state index contributed by atoms with van der Waals surface area (Å²) in [6, 6.07) is 5.64.